The van der Waals surface area contributed by atoms with Crippen molar-refractivity contribution in [2.75, 3.05) is 26.4 Å². The van der Waals surface area contributed by atoms with Crippen LogP contribution < -0.4 is 5.32 Å². The second kappa shape index (κ2) is 8.59. The molecule has 0 spiro atoms. The van der Waals surface area contributed by atoms with Crippen molar-refractivity contribution in [3.63, 3.8) is 0 Å². The van der Waals surface area contributed by atoms with E-state index < -0.39 is 0 Å². The smallest absolute Gasteiger partial charge is 0.251 e. The molecule has 0 radical (unpaired) electrons. The van der Waals surface area contributed by atoms with E-state index in [2.05, 4.69) is 5.32 Å². The SMILES string of the molecule is O=C(NCCCOCC1CCCO1)c1cc(Cl)cc(Cl)c1. The van der Waals surface area contributed by atoms with Crippen LogP contribution in [0.3, 0.4) is 0 Å². The van der Waals surface area contributed by atoms with E-state index in [0.717, 1.165) is 25.9 Å². The van der Waals surface area contributed by atoms with Gasteiger partial charge in [-0.2, -0.15) is 0 Å². The quantitative estimate of drug-likeness (QED) is 0.780. The summed E-state index contributed by atoms with van der Waals surface area (Å²) in [6.45, 7) is 2.63. The molecule has 0 saturated carbocycles. The summed E-state index contributed by atoms with van der Waals surface area (Å²) in [5, 5.41) is 3.72. The minimum atomic E-state index is -0.182. The van der Waals surface area contributed by atoms with Crippen LogP contribution in [0, 0.1) is 0 Å². The van der Waals surface area contributed by atoms with Crippen LogP contribution in [0.4, 0.5) is 0 Å². The van der Waals surface area contributed by atoms with E-state index in [1.54, 1.807) is 18.2 Å². The Morgan fingerprint density at radius 3 is 2.76 bits per heavy atom. The number of hydrogen-bond donors (Lipinski definition) is 1. The van der Waals surface area contributed by atoms with Gasteiger partial charge < -0.3 is 14.8 Å². The summed E-state index contributed by atoms with van der Waals surface area (Å²) in [6.07, 6.45) is 3.19. The van der Waals surface area contributed by atoms with Crippen molar-refractivity contribution >= 4 is 29.1 Å². The Labute approximate surface area is 134 Å². The van der Waals surface area contributed by atoms with E-state index in [1.165, 1.54) is 0 Å². The fraction of sp³-hybridized carbons (Fsp3) is 0.533. The van der Waals surface area contributed by atoms with Crippen molar-refractivity contribution in [2.24, 2.45) is 0 Å². The number of rotatable bonds is 7. The molecule has 1 heterocycles. The molecule has 2 rings (SSSR count). The number of hydrogen-bond acceptors (Lipinski definition) is 3. The van der Waals surface area contributed by atoms with E-state index in [1.807, 2.05) is 0 Å². The number of ether oxygens (including phenoxy) is 2. The van der Waals surface area contributed by atoms with Crippen LogP contribution in [0.2, 0.25) is 10.0 Å². The van der Waals surface area contributed by atoms with Crippen molar-refractivity contribution < 1.29 is 14.3 Å². The maximum Gasteiger partial charge on any atom is 0.251 e. The number of amides is 1. The Balaban J connectivity index is 1.60. The molecule has 4 nitrogen and oxygen atoms in total. The van der Waals surface area contributed by atoms with E-state index in [-0.39, 0.29) is 12.0 Å². The van der Waals surface area contributed by atoms with Gasteiger partial charge >= 0.3 is 0 Å². The average Bonchev–Trinajstić information content (AvgIpc) is 2.94. The van der Waals surface area contributed by atoms with Crippen LogP contribution in [0.1, 0.15) is 29.6 Å². The zero-order valence-electron chi connectivity index (χ0n) is 11.7. The average molecular weight is 332 g/mol. The highest BCUT2D eigenvalue weighted by Crippen LogP contribution is 2.18. The normalized spacial score (nSPS) is 17.9. The molecule has 21 heavy (non-hydrogen) atoms. The summed E-state index contributed by atoms with van der Waals surface area (Å²) in [5.74, 6) is -0.182. The highest BCUT2D eigenvalue weighted by atomic mass is 35.5. The highest BCUT2D eigenvalue weighted by Gasteiger charge is 2.15. The Hall–Kier alpha value is -0.810. The Morgan fingerprint density at radius 1 is 1.33 bits per heavy atom. The molecular formula is C15H19Cl2NO3. The van der Waals surface area contributed by atoms with Crippen molar-refractivity contribution in [3.8, 4) is 0 Å². The Bertz CT molecular complexity index is 456. The maximum atomic E-state index is 11.9. The molecule has 1 unspecified atom stereocenters. The first-order chi connectivity index (χ1) is 10.1. The van der Waals surface area contributed by atoms with Gasteiger partial charge in [-0.25, -0.2) is 0 Å². The number of carbonyl (C=O) groups excluding carboxylic acids is 1. The number of nitrogens with one attached hydrogen (secondary N) is 1. The van der Waals surface area contributed by atoms with Gasteiger partial charge in [0.15, 0.2) is 0 Å². The summed E-state index contributed by atoms with van der Waals surface area (Å²) < 4.78 is 11.0. The van der Waals surface area contributed by atoms with Crippen molar-refractivity contribution in [3.05, 3.63) is 33.8 Å². The molecule has 1 atom stereocenters. The van der Waals surface area contributed by atoms with Crippen LogP contribution >= 0.6 is 23.2 Å². The third kappa shape index (κ3) is 5.83. The number of benzene rings is 1. The van der Waals surface area contributed by atoms with E-state index in [4.69, 9.17) is 32.7 Å². The first-order valence-electron chi connectivity index (χ1n) is 7.09. The summed E-state index contributed by atoms with van der Waals surface area (Å²) in [6, 6.07) is 4.78. The van der Waals surface area contributed by atoms with E-state index >= 15 is 0 Å². The van der Waals surface area contributed by atoms with Crippen molar-refractivity contribution in [2.45, 2.75) is 25.4 Å². The molecule has 1 saturated heterocycles. The van der Waals surface area contributed by atoms with Crippen LogP contribution in [0.5, 0.6) is 0 Å². The second-order valence-electron chi connectivity index (χ2n) is 4.98. The first kappa shape index (κ1) is 16.6. The van der Waals surface area contributed by atoms with Crippen LogP contribution in [-0.4, -0.2) is 38.4 Å². The van der Waals surface area contributed by atoms with Gasteiger partial charge in [-0.1, -0.05) is 23.2 Å². The zero-order valence-corrected chi connectivity index (χ0v) is 13.3. The van der Waals surface area contributed by atoms with Gasteiger partial charge in [0, 0.05) is 35.4 Å². The fourth-order valence-electron chi connectivity index (χ4n) is 2.15. The summed E-state index contributed by atoms with van der Waals surface area (Å²) in [5.41, 5.74) is 0.466. The van der Waals surface area contributed by atoms with Crippen LogP contribution in [0.25, 0.3) is 0 Å². The standard InChI is InChI=1S/C15H19Cl2NO3/c16-12-7-11(8-13(17)9-12)15(19)18-4-2-5-20-10-14-3-1-6-21-14/h7-9,14H,1-6,10H2,(H,18,19). The molecule has 1 aliphatic rings. The third-order valence-electron chi connectivity index (χ3n) is 3.20. The monoisotopic (exact) mass is 331 g/mol. The molecule has 1 N–H and O–H groups in total. The Kier molecular flexibility index (Phi) is 6.77. The molecule has 116 valence electrons. The molecule has 1 amide bonds. The molecular weight excluding hydrogens is 313 g/mol. The van der Waals surface area contributed by atoms with Crippen LogP contribution in [-0.2, 0) is 9.47 Å². The molecule has 1 fully saturated rings. The minimum Gasteiger partial charge on any atom is -0.379 e. The van der Waals surface area contributed by atoms with Crippen molar-refractivity contribution in [1.29, 1.82) is 0 Å². The lowest BCUT2D eigenvalue weighted by Gasteiger charge is -2.10. The number of halogens is 2. The molecule has 0 aliphatic carbocycles. The van der Waals surface area contributed by atoms with Crippen LogP contribution in [0.15, 0.2) is 18.2 Å². The lowest BCUT2D eigenvalue weighted by molar-refractivity contribution is 0.0166. The van der Waals surface area contributed by atoms with E-state index in [9.17, 15) is 4.79 Å². The van der Waals surface area contributed by atoms with Gasteiger partial charge in [-0.15, -0.1) is 0 Å². The third-order valence-corrected chi connectivity index (χ3v) is 3.64. The molecule has 1 aromatic rings. The lowest BCUT2D eigenvalue weighted by atomic mass is 10.2. The van der Waals surface area contributed by atoms with Gasteiger partial charge in [0.25, 0.3) is 5.91 Å². The summed E-state index contributed by atoms with van der Waals surface area (Å²) >= 11 is 11.7. The summed E-state index contributed by atoms with van der Waals surface area (Å²) in [4.78, 5) is 11.9. The Morgan fingerprint density at radius 2 is 2.10 bits per heavy atom. The topological polar surface area (TPSA) is 47.6 Å². The summed E-state index contributed by atoms with van der Waals surface area (Å²) in [7, 11) is 0. The lowest BCUT2D eigenvalue weighted by Crippen LogP contribution is -2.25. The van der Waals surface area contributed by atoms with E-state index in [0.29, 0.717) is 35.4 Å². The molecule has 6 heteroatoms. The van der Waals surface area contributed by atoms with Gasteiger partial charge in [0.05, 0.1) is 12.7 Å². The second-order valence-corrected chi connectivity index (χ2v) is 5.85. The van der Waals surface area contributed by atoms with Gasteiger partial charge in [0.1, 0.15) is 0 Å². The minimum absolute atomic E-state index is 0.182. The first-order valence-corrected chi connectivity index (χ1v) is 7.84. The highest BCUT2D eigenvalue weighted by molar-refractivity contribution is 6.35. The van der Waals surface area contributed by atoms with Gasteiger partial charge in [-0.3, -0.25) is 4.79 Å². The fourth-order valence-corrected chi connectivity index (χ4v) is 2.68. The maximum absolute atomic E-state index is 11.9. The molecule has 0 bridgehead atoms. The largest absolute Gasteiger partial charge is 0.379 e. The predicted octanol–water partition coefficient (Wildman–Crippen LogP) is 3.31. The molecule has 1 aromatic carbocycles. The molecule has 0 aromatic heterocycles. The van der Waals surface area contributed by atoms with Gasteiger partial charge in [-0.05, 0) is 37.5 Å². The van der Waals surface area contributed by atoms with Gasteiger partial charge in [0.2, 0.25) is 0 Å². The zero-order chi connectivity index (χ0) is 15.1. The number of carbonyl (C=O) groups is 1. The predicted molar refractivity (Wildman–Crippen MR) is 83.2 cm³/mol. The van der Waals surface area contributed by atoms with Crippen molar-refractivity contribution in [1.82, 2.24) is 5.32 Å². The molecule has 1 aliphatic heterocycles.